The molecule has 0 fully saturated rings. The van der Waals surface area contributed by atoms with Gasteiger partial charge in [0.15, 0.2) is 0 Å². The zero-order valence-electron chi connectivity index (χ0n) is 10.1. The van der Waals surface area contributed by atoms with Crippen LogP contribution >= 0.6 is 0 Å². The predicted molar refractivity (Wildman–Crippen MR) is 61.6 cm³/mol. The average molecular weight is 290 g/mol. The van der Waals surface area contributed by atoms with Crippen molar-refractivity contribution in [3.63, 3.8) is 0 Å². The highest BCUT2D eigenvalue weighted by Gasteiger charge is 2.41. The first-order chi connectivity index (χ1) is 9.35. The molecule has 8 heteroatoms. The topological polar surface area (TPSA) is 62.1 Å². The highest BCUT2D eigenvalue weighted by molar-refractivity contribution is 5.91. The minimum absolute atomic E-state index is 0.276. The third kappa shape index (κ3) is 4.85. The van der Waals surface area contributed by atoms with Gasteiger partial charge in [-0.25, -0.2) is 8.78 Å². The van der Waals surface area contributed by atoms with Crippen LogP contribution in [0.2, 0.25) is 0 Å². The number of alkyl halides is 4. The third-order valence-electron chi connectivity index (χ3n) is 2.12. The Morgan fingerprint density at radius 1 is 1.45 bits per heavy atom. The molecule has 108 valence electrons. The molecule has 0 bridgehead atoms. The number of carbonyl (C=O) groups is 1. The fraction of sp³-hybridized carbons (Fsp3) is 0.333. The fourth-order valence-electron chi connectivity index (χ4n) is 1.21. The molecule has 0 saturated heterocycles. The van der Waals surface area contributed by atoms with E-state index >= 15 is 0 Å². The predicted octanol–water partition coefficient (Wildman–Crippen LogP) is 2.41. The number of nitriles is 1. The average Bonchev–Trinajstić information content (AvgIpc) is 2.38. The van der Waals surface area contributed by atoms with E-state index in [0.29, 0.717) is 5.56 Å². The van der Waals surface area contributed by atoms with Crippen LogP contribution in [0.15, 0.2) is 24.3 Å². The quantitative estimate of drug-likeness (QED) is 0.818. The Morgan fingerprint density at radius 3 is 2.75 bits per heavy atom. The van der Waals surface area contributed by atoms with E-state index in [-0.39, 0.29) is 5.69 Å². The van der Waals surface area contributed by atoms with Gasteiger partial charge in [-0.15, -0.1) is 0 Å². The van der Waals surface area contributed by atoms with Gasteiger partial charge >= 0.3 is 12.3 Å². The van der Waals surface area contributed by atoms with Crippen LogP contribution in [-0.2, 0) is 9.53 Å². The molecule has 1 N–H and O–H groups in total. The molecule has 1 rings (SSSR count). The Labute approximate surface area is 112 Å². The van der Waals surface area contributed by atoms with Crippen LogP contribution in [0.4, 0.5) is 23.2 Å². The molecule has 0 aliphatic rings. The van der Waals surface area contributed by atoms with Gasteiger partial charge in [0.05, 0.1) is 11.6 Å². The van der Waals surface area contributed by atoms with Gasteiger partial charge in [0.2, 0.25) is 5.91 Å². The van der Waals surface area contributed by atoms with Crippen molar-refractivity contribution in [3.8, 4) is 6.07 Å². The van der Waals surface area contributed by atoms with Gasteiger partial charge in [-0.05, 0) is 18.2 Å². The summed E-state index contributed by atoms with van der Waals surface area (Å²) in [5.41, 5.74) is 0.575. The molecule has 4 nitrogen and oxygen atoms in total. The van der Waals surface area contributed by atoms with Crippen molar-refractivity contribution in [2.45, 2.75) is 12.3 Å². The Bertz CT molecular complexity index is 514. The van der Waals surface area contributed by atoms with Gasteiger partial charge in [-0.2, -0.15) is 14.0 Å². The van der Waals surface area contributed by atoms with Crippen LogP contribution in [0.5, 0.6) is 0 Å². The van der Waals surface area contributed by atoms with Gasteiger partial charge in [0.1, 0.15) is 13.2 Å². The Balaban J connectivity index is 2.43. The van der Waals surface area contributed by atoms with Crippen LogP contribution in [-0.4, -0.2) is 31.5 Å². The summed E-state index contributed by atoms with van der Waals surface area (Å²) in [6.07, 6.45) is -3.85. The first-order valence-electron chi connectivity index (χ1n) is 5.39. The van der Waals surface area contributed by atoms with E-state index in [2.05, 4.69) is 10.1 Å². The van der Waals surface area contributed by atoms with Gasteiger partial charge < -0.3 is 10.1 Å². The Hall–Kier alpha value is -2.14. The van der Waals surface area contributed by atoms with Crippen molar-refractivity contribution in [2.24, 2.45) is 0 Å². The van der Waals surface area contributed by atoms with E-state index in [1.165, 1.54) is 24.3 Å². The van der Waals surface area contributed by atoms with Crippen LogP contribution in [0.3, 0.4) is 0 Å². The van der Waals surface area contributed by atoms with Gasteiger partial charge in [-0.1, -0.05) is 6.07 Å². The molecule has 0 radical (unpaired) electrons. The van der Waals surface area contributed by atoms with E-state index in [1.54, 1.807) is 0 Å². The summed E-state index contributed by atoms with van der Waals surface area (Å²) < 4.78 is 52.8. The van der Waals surface area contributed by atoms with Crippen molar-refractivity contribution in [1.29, 1.82) is 5.26 Å². The van der Waals surface area contributed by atoms with E-state index < -0.39 is 31.5 Å². The molecule has 1 amide bonds. The molecule has 0 spiro atoms. The largest absolute Gasteiger partial charge is 0.365 e. The molecule has 0 heterocycles. The summed E-state index contributed by atoms with van der Waals surface area (Å²) in [6.45, 7) is -2.34. The summed E-state index contributed by atoms with van der Waals surface area (Å²) >= 11 is 0. The zero-order chi connectivity index (χ0) is 15.2. The van der Waals surface area contributed by atoms with Crippen LogP contribution in [0.1, 0.15) is 5.56 Å². The number of nitrogens with one attached hydrogen (secondary N) is 1. The molecule has 1 aromatic carbocycles. The van der Waals surface area contributed by atoms with Crippen molar-refractivity contribution in [3.05, 3.63) is 29.8 Å². The molecular weight excluding hydrogens is 280 g/mol. The molecular formula is C12H10F4N2O2. The minimum Gasteiger partial charge on any atom is -0.365 e. The van der Waals surface area contributed by atoms with E-state index in [4.69, 9.17) is 5.26 Å². The standard InChI is InChI=1S/C12H10F4N2O2/c13-11(14)12(15,16)7-20-6-10(19)18-9-3-1-2-8(4-9)5-17/h1-4,11H,6-7H2,(H,18,19). The van der Waals surface area contributed by atoms with Gasteiger partial charge in [0, 0.05) is 5.69 Å². The van der Waals surface area contributed by atoms with E-state index in [0.717, 1.165) is 0 Å². The molecule has 0 atom stereocenters. The number of anilines is 1. The zero-order valence-corrected chi connectivity index (χ0v) is 10.1. The Morgan fingerprint density at radius 2 is 2.15 bits per heavy atom. The monoisotopic (exact) mass is 290 g/mol. The van der Waals surface area contributed by atoms with E-state index in [1.807, 2.05) is 6.07 Å². The Kier molecular flexibility index (Phi) is 5.46. The molecule has 0 aliphatic heterocycles. The summed E-state index contributed by atoms with van der Waals surface area (Å²) in [6, 6.07) is 7.72. The summed E-state index contributed by atoms with van der Waals surface area (Å²) in [4.78, 5) is 11.3. The number of rotatable bonds is 6. The number of halogens is 4. The highest BCUT2D eigenvalue weighted by Crippen LogP contribution is 2.22. The smallest absolute Gasteiger partial charge is 0.330 e. The highest BCUT2D eigenvalue weighted by atomic mass is 19.3. The third-order valence-corrected chi connectivity index (χ3v) is 2.12. The lowest BCUT2D eigenvalue weighted by atomic mass is 10.2. The molecule has 0 unspecified atom stereocenters. The van der Waals surface area contributed by atoms with Gasteiger partial charge in [-0.3, -0.25) is 4.79 Å². The number of benzene rings is 1. The number of carbonyl (C=O) groups excluding carboxylic acids is 1. The van der Waals surface area contributed by atoms with Crippen molar-refractivity contribution in [2.75, 3.05) is 18.5 Å². The summed E-state index contributed by atoms with van der Waals surface area (Å²) in [5, 5.41) is 10.9. The first-order valence-corrected chi connectivity index (χ1v) is 5.39. The number of ether oxygens (including phenoxy) is 1. The number of hydrogen-bond acceptors (Lipinski definition) is 3. The normalized spacial score (nSPS) is 11.2. The van der Waals surface area contributed by atoms with Crippen molar-refractivity contribution >= 4 is 11.6 Å². The van der Waals surface area contributed by atoms with Crippen molar-refractivity contribution < 1.29 is 27.1 Å². The molecule has 0 aromatic heterocycles. The van der Waals surface area contributed by atoms with E-state index in [9.17, 15) is 22.4 Å². The van der Waals surface area contributed by atoms with Crippen molar-refractivity contribution in [1.82, 2.24) is 0 Å². The van der Waals surface area contributed by atoms with Crippen LogP contribution < -0.4 is 5.32 Å². The van der Waals surface area contributed by atoms with Crippen LogP contribution in [0, 0.1) is 11.3 Å². The second-order valence-corrected chi connectivity index (χ2v) is 3.80. The SMILES string of the molecule is N#Cc1cccc(NC(=O)COCC(F)(F)C(F)F)c1. The number of nitrogens with zero attached hydrogens (tertiary/aromatic N) is 1. The summed E-state index contributed by atoms with van der Waals surface area (Å²) in [5.74, 6) is -5.08. The molecule has 0 aliphatic carbocycles. The second-order valence-electron chi connectivity index (χ2n) is 3.80. The number of amides is 1. The summed E-state index contributed by atoms with van der Waals surface area (Å²) in [7, 11) is 0. The van der Waals surface area contributed by atoms with Gasteiger partial charge in [0.25, 0.3) is 0 Å². The lowest BCUT2D eigenvalue weighted by molar-refractivity contribution is -0.167. The fourth-order valence-corrected chi connectivity index (χ4v) is 1.21. The lowest BCUT2D eigenvalue weighted by Gasteiger charge is -2.14. The lowest BCUT2D eigenvalue weighted by Crippen LogP contribution is -2.33. The number of hydrogen-bond donors (Lipinski definition) is 1. The molecule has 0 saturated carbocycles. The maximum Gasteiger partial charge on any atom is 0.330 e. The van der Waals surface area contributed by atoms with Crippen LogP contribution in [0.25, 0.3) is 0 Å². The molecule has 20 heavy (non-hydrogen) atoms. The maximum atomic E-state index is 12.5. The second kappa shape index (κ2) is 6.86. The molecule has 1 aromatic rings. The maximum absolute atomic E-state index is 12.5. The first kappa shape index (κ1) is 15.9. The minimum atomic E-state index is -4.29.